The second-order valence-corrected chi connectivity index (χ2v) is 6.36. The minimum Gasteiger partial charge on any atom is -0.452 e. The Balaban J connectivity index is 1.80. The Kier molecular flexibility index (Phi) is 3.51. The molecule has 3 aromatic rings. The number of nitrogens with one attached hydrogen (secondary N) is 1. The molecule has 1 aromatic carbocycles. The van der Waals surface area contributed by atoms with Gasteiger partial charge in [0.25, 0.3) is 0 Å². The normalized spacial score (nSPS) is 14.2. The van der Waals surface area contributed by atoms with Crippen LogP contribution in [-0.2, 0) is 4.79 Å². The second kappa shape index (κ2) is 5.55. The molecule has 0 unspecified atom stereocenters. The van der Waals surface area contributed by atoms with Crippen molar-refractivity contribution in [3.63, 3.8) is 0 Å². The summed E-state index contributed by atoms with van der Waals surface area (Å²) in [7, 11) is 0. The molecule has 1 N–H and O–H groups in total. The van der Waals surface area contributed by atoms with E-state index in [0.29, 0.717) is 32.8 Å². The number of anilines is 1. The maximum absolute atomic E-state index is 12.0. The molecule has 4 rings (SSSR count). The highest BCUT2D eigenvalue weighted by Crippen LogP contribution is 2.39. The molecular formula is C17H12Cl2N2O2. The first-order valence-electron chi connectivity index (χ1n) is 7.27. The first-order chi connectivity index (χ1) is 11.1. The molecule has 1 saturated carbocycles. The van der Waals surface area contributed by atoms with Crippen molar-refractivity contribution in [3.8, 4) is 11.3 Å². The number of aromatic nitrogens is 1. The lowest BCUT2D eigenvalue weighted by atomic mass is 10.1. The van der Waals surface area contributed by atoms with Crippen LogP contribution in [0.3, 0.4) is 0 Å². The smallest absolute Gasteiger partial charge is 0.228 e. The lowest BCUT2D eigenvalue weighted by Crippen LogP contribution is -2.14. The summed E-state index contributed by atoms with van der Waals surface area (Å²) in [5, 5.41) is 4.68. The van der Waals surface area contributed by atoms with Crippen LogP contribution in [0.15, 0.2) is 40.9 Å². The van der Waals surface area contributed by atoms with Gasteiger partial charge in [0.05, 0.1) is 15.6 Å². The van der Waals surface area contributed by atoms with Gasteiger partial charge in [0, 0.05) is 17.5 Å². The van der Waals surface area contributed by atoms with Gasteiger partial charge in [-0.1, -0.05) is 29.3 Å². The molecule has 2 aromatic heterocycles. The molecule has 1 aliphatic rings. The van der Waals surface area contributed by atoms with E-state index in [1.54, 1.807) is 24.4 Å². The van der Waals surface area contributed by atoms with Gasteiger partial charge in [-0.25, -0.2) is 4.98 Å². The van der Waals surface area contributed by atoms with E-state index in [2.05, 4.69) is 10.3 Å². The van der Waals surface area contributed by atoms with Crippen LogP contribution < -0.4 is 5.32 Å². The topological polar surface area (TPSA) is 55.1 Å². The maximum atomic E-state index is 12.0. The van der Waals surface area contributed by atoms with Crippen molar-refractivity contribution >= 4 is 45.9 Å². The van der Waals surface area contributed by atoms with Gasteiger partial charge < -0.3 is 9.73 Å². The van der Waals surface area contributed by atoms with Crippen LogP contribution in [0.2, 0.25) is 10.0 Å². The fourth-order valence-electron chi connectivity index (χ4n) is 2.47. The Hall–Kier alpha value is -2.04. The van der Waals surface area contributed by atoms with Crippen molar-refractivity contribution < 1.29 is 9.21 Å². The number of furan rings is 1. The van der Waals surface area contributed by atoms with Crippen LogP contribution >= 0.6 is 23.2 Å². The van der Waals surface area contributed by atoms with Gasteiger partial charge in [0.2, 0.25) is 5.91 Å². The van der Waals surface area contributed by atoms with E-state index < -0.39 is 0 Å². The zero-order valence-electron chi connectivity index (χ0n) is 12.0. The third kappa shape index (κ3) is 2.69. The van der Waals surface area contributed by atoms with Gasteiger partial charge in [0.1, 0.15) is 5.76 Å². The van der Waals surface area contributed by atoms with E-state index in [4.69, 9.17) is 27.6 Å². The molecule has 0 aliphatic heterocycles. The summed E-state index contributed by atoms with van der Waals surface area (Å²) in [4.78, 5) is 16.2. The number of rotatable bonds is 3. The molecule has 6 heteroatoms. The summed E-state index contributed by atoms with van der Waals surface area (Å²) in [5.41, 5.74) is 1.15. The Morgan fingerprint density at radius 1 is 1.22 bits per heavy atom. The molecule has 4 nitrogen and oxygen atoms in total. The van der Waals surface area contributed by atoms with E-state index >= 15 is 0 Å². The van der Waals surface area contributed by atoms with Crippen LogP contribution in [0.5, 0.6) is 0 Å². The third-order valence-electron chi connectivity index (χ3n) is 3.83. The van der Waals surface area contributed by atoms with E-state index in [-0.39, 0.29) is 11.8 Å². The van der Waals surface area contributed by atoms with Gasteiger partial charge in [-0.15, -0.1) is 0 Å². The van der Waals surface area contributed by atoms with Gasteiger partial charge in [-0.2, -0.15) is 0 Å². The number of carbonyl (C=O) groups is 1. The molecule has 116 valence electrons. The number of pyridine rings is 1. The highest BCUT2D eigenvalue weighted by atomic mass is 35.5. The average molecular weight is 347 g/mol. The highest BCUT2D eigenvalue weighted by Gasteiger charge is 2.30. The number of benzene rings is 1. The van der Waals surface area contributed by atoms with Crippen LogP contribution in [0.25, 0.3) is 22.3 Å². The van der Waals surface area contributed by atoms with Crippen LogP contribution in [0, 0.1) is 5.92 Å². The molecular weight excluding hydrogens is 335 g/mol. The molecule has 1 fully saturated rings. The predicted molar refractivity (Wildman–Crippen MR) is 90.8 cm³/mol. The summed E-state index contributed by atoms with van der Waals surface area (Å²) < 4.78 is 5.90. The Morgan fingerprint density at radius 3 is 2.65 bits per heavy atom. The first-order valence-corrected chi connectivity index (χ1v) is 8.03. The number of nitrogens with zero attached hydrogens (tertiary/aromatic N) is 1. The molecule has 1 aliphatic carbocycles. The number of hydrogen-bond donors (Lipinski definition) is 1. The molecule has 23 heavy (non-hydrogen) atoms. The fourth-order valence-corrected chi connectivity index (χ4v) is 3.06. The quantitative estimate of drug-likeness (QED) is 0.713. The Morgan fingerprint density at radius 2 is 1.96 bits per heavy atom. The van der Waals surface area contributed by atoms with Crippen molar-refractivity contribution in [2.45, 2.75) is 12.8 Å². The van der Waals surface area contributed by atoms with Crippen LogP contribution in [0.4, 0.5) is 5.82 Å². The summed E-state index contributed by atoms with van der Waals surface area (Å²) in [5.74, 6) is 1.05. The van der Waals surface area contributed by atoms with Crippen molar-refractivity contribution in [3.05, 3.63) is 46.6 Å². The summed E-state index contributed by atoms with van der Waals surface area (Å²) >= 11 is 12.5. The zero-order valence-corrected chi connectivity index (χ0v) is 13.5. The highest BCUT2D eigenvalue weighted by molar-refractivity contribution is 6.39. The Bertz CT molecular complexity index is 896. The molecule has 0 atom stereocenters. The molecule has 2 heterocycles. The van der Waals surface area contributed by atoms with Gasteiger partial charge in [-0.05, 0) is 37.1 Å². The van der Waals surface area contributed by atoms with Crippen molar-refractivity contribution in [2.24, 2.45) is 5.92 Å². The third-order valence-corrected chi connectivity index (χ3v) is 4.46. The van der Waals surface area contributed by atoms with E-state index in [1.807, 2.05) is 12.1 Å². The standard InChI is InChI=1S/C17H12Cl2N2O2/c18-11-2-1-3-12(19)14(11)13-8-10-6-7-20-16(15(10)23-13)21-17(22)9-4-5-9/h1-3,6-9H,4-5H2,(H,20,21,22). The minimum atomic E-state index is -0.0151. The largest absolute Gasteiger partial charge is 0.452 e. The van der Waals surface area contributed by atoms with Gasteiger partial charge >= 0.3 is 0 Å². The maximum Gasteiger partial charge on any atom is 0.228 e. The van der Waals surface area contributed by atoms with Crippen LogP contribution in [0.1, 0.15) is 12.8 Å². The summed E-state index contributed by atoms with van der Waals surface area (Å²) in [6, 6.07) is 8.95. The number of halogens is 2. The number of hydrogen-bond acceptors (Lipinski definition) is 3. The lowest BCUT2D eigenvalue weighted by molar-refractivity contribution is -0.117. The SMILES string of the molecule is O=C(Nc1nccc2cc(-c3c(Cl)cccc3Cl)oc12)C1CC1. The molecule has 0 radical (unpaired) electrons. The Labute approximate surface area is 142 Å². The second-order valence-electron chi connectivity index (χ2n) is 5.55. The number of amides is 1. The van der Waals surface area contributed by atoms with E-state index in [9.17, 15) is 4.79 Å². The zero-order chi connectivity index (χ0) is 16.0. The van der Waals surface area contributed by atoms with Crippen molar-refractivity contribution in [1.29, 1.82) is 0 Å². The molecule has 0 spiro atoms. The number of fused-ring (bicyclic) bond motifs is 1. The molecule has 1 amide bonds. The lowest BCUT2D eigenvalue weighted by Gasteiger charge is -2.04. The molecule has 0 saturated heterocycles. The van der Waals surface area contributed by atoms with Crippen LogP contribution in [-0.4, -0.2) is 10.9 Å². The fraction of sp³-hybridized carbons (Fsp3) is 0.176. The predicted octanol–water partition coefficient (Wildman–Crippen LogP) is 5.15. The van der Waals surface area contributed by atoms with E-state index in [0.717, 1.165) is 18.2 Å². The van der Waals surface area contributed by atoms with Gasteiger partial charge in [-0.3, -0.25) is 4.79 Å². The van der Waals surface area contributed by atoms with Crippen molar-refractivity contribution in [1.82, 2.24) is 4.98 Å². The molecule has 0 bridgehead atoms. The summed E-state index contributed by atoms with van der Waals surface area (Å²) in [6.07, 6.45) is 3.50. The first kappa shape index (κ1) is 14.5. The van der Waals surface area contributed by atoms with Gasteiger partial charge in [0.15, 0.2) is 11.4 Å². The number of carbonyl (C=O) groups excluding carboxylic acids is 1. The van der Waals surface area contributed by atoms with E-state index in [1.165, 1.54) is 0 Å². The van der Waals surface area contributed by atoms with Crippen molar-refractivity contribution in [2.75, 3.05) is 5.32 Å². The minimum absolute atomic E-state index is 0.0151. The summed E-state index contributed by atoms with van der Waals surface area (Å²) in [6.45, 7) is 0. The monoisotopic (exact) mass is 346 g/mol. The average Bonchev–Trinajstić information content (AvgIpc) is 3.28.